The minimum absolute atomic E-state index is 0.105. The lowest BCUT2D eigenvalue weighted by Gasteiger charge is -2.48. The van der Waals surface area contributed by atoms with Crippen LogP contribution in [0.25, 0.3) is 0 Å². The first-order valence-corrected chi connectivity index (χ1v) is 6.24. The first-order valence-electron chi connectivity index (χ1n) is 6.24. The third kappa shape index (κ3) is 2.40. The van der Waals surface area contributed by atoms with Crippen molar-refractivity contribution in [1.82, 2.24) is 0 Å². The third-order valence-electron chi connectivity index (χ3n) is 3.75. The summed E-state index contributed by atoms with van der Waals surface area (Å²) >= 11 is 0. The lowest BCUT2D eigenvalue weighted by atomic mass is 9.82. The maximum atomic E-state index is 10.0. The molecule has 2 fully saturated rings. The summed E-state index contributed by atoms with van der Waals surface area (Å²) in [5, 5.41) is 18.8. The predicted octanol–water partition coefficient (Wildman–Crippen LogP) is 0.846. The highest BCUT2D eigenvalue weighted by molar-refractivity contribution is 4.96. The summed E-state index contributed by atoms with van der Waals surface area (Å²) in [4.78, 5) is 0. The number of hydrogen-bond acceptors (Lipinski definition) is 4. The van der Waals surface area contributed by atoms with Crippen LogP contribution in [0, 0.1) is 0 Å². The summed E-state index contributed by atoms with van der Waals surface area (Å²) in [6.45, 7) is 2.96. The molecule has 4 atom stereocenters. The predicted molar refractivity (Wildman–Crippen MR) is 59.2 cm³/mol. The SMILES string of the molecule is C[C@]12C[C@@H](O)[C@H](CCCO)O[C@@H]1CCCO2. The van der Waals surface area contributed by atoms with Gasteiger partial charge in [-0.2, -0.15) is 0 Å². The van der Waals surface area contributed by atoms with Gasteiger partial charge in [-0.3, -0.25) is 0 Å². The van der Waals surface area contributed by atoms with E-state index >= 15 is 0 Å². The lowest BCUT2D eigenvalue weighted by Crippen LogP contribution is -2.57. The van der Waals surface area contributed by atoms with Gasteiger partial charge in [-0.25, -0.2) is 0 Å². The van der Waals surface area contributed by atoms with Crippen molar-refractivity contribution in [3.63, 3.8) is 0 Å². The molecule has 0 bridgehead atoms. The van der Waals surface area contributed by atoms with Gasteiger partial charge in [-0.15, -0.1) is 0 Å². The van der Waals surface area contributed by atoms with Gasteiger partial charge in [0.1, 0.15) is 0 Å². The first-order chi connectivity index (χ1) is 7.65. The normalized spacial score (nSPS) is 44.1. The van der Waals surface area contributed by atoms with E-state index in [0.717, 1.165) is 25.9 Å². The van der Waals surface area contributed by atoms with Gasteiger partial charge in [-0.1, -0.05) is 0 Å². The van der Waals surface area contributed by atoms with Crippen LogP contribution in [0.1, 0.15) is 39.0 Å². The van der Waals surface area contributed by atoms with E-state index in [0.29, 0.717) is 12.8 Å². The first kappa shape index (κ1) is 12.3. The van der Waals surface area contributed by atoms with Crippen molar-refractivity contribution in [2.75, 3.05) is 13.2 Å². The zero-order valence-corrected chi connectivity index (χ0v) is 9.89. The highest BCUT2D eigenvalue weighted by atomic mass is 16.6. The molecule has 0 aromatic heterocycles. The van der Waals surface area contributed by atoms with Crippen LogP contribution in [0.2, 0.25) is 0 Å². The van der Waals surface area contributed by atoms with Crippen LogP contribution in [-0.4, -0.2) is 47.3 Å². The molecule has 0 aromatic carbocycles. The second-order valence-corrected chi connectivity index (χ2v) is 5.10. The molecule has 0 spiro atoms. The van der Waals surface area contributed by atoms with Gasteiger partial charge in [0.05, 0.1) is 23.9 Å². The van der Waals surface area contributed by atoms with E-state index in [9.17, 15) is 5.11 Å². The molecule has 16 heavy (non-hydrogen) atoms. The molecule has 0 aliphatic carbocycles. The fraction of sp³-hybridized carbons (Fsp3) is 1.00. The minimum Gasteiger partial charge on any atom is -0.396 e. The summed E-state index contributed by atoms with van der Waals surface area (Å²) in [7, 11) is 0. The summed E-state index contributed by atoms with van der Waals surface area (Å²) in [6, 6.07) is 0. The summed E-state index contributed by atoms with van der Waals surface area (Å²) in [5.74, 6) is 0. The molecule has 4 nitrogen and oxygen atoms in total. The van der Waals surface area contributed by atoms with E-state index in [1.165, 1.54) is 0 Å². The molecule has 0 unspecified atom stereocenters. The van der Waals surface area contributed by atoms with Crippen LogP contribution in [0.3, 0.4) is 0 Å². The molecule has 2 N–H and O–H groups in total. The number of ether oxygens (including phenoxy) is 2. The Morgan fingerprint density at radius 1 is 1.44 bits per heavy atom. The second-order valence-electron chi connectivity index (χ2n) is 5.10. The molecule has 2 saturated heterocycles. The quantitative estimate of drug-likeness (QED) is 0.754. The smallest absolute Gasteiger partial charge is 0.0940 e. The van der Waals surface area contributed by atoms with Gasteiger partial charge in [-0.05, 0) is 32.6 Å². The zero-order valence-electron chi connectivity index (χ0n) is 9.89. The molecule has 0 aromatic rings. The number of aliphatic hydroxyl groups is 2. The Balaban J connectivity index is 1.96. The Labute approximate surface area is 96.6 Å². The molecule has 2 aliphatic heterocycles. The molecular weight excluding hydrogens is 208 g/mol. The molecule has 4 heteroatoms. The maximum Gasteiger partial charge on any atom is 0.0940 e. The Morgan fingerprint density at radius 2 is 2.25 bits per heavy atom. The van der Waals surface area contributed by atoms with Crippen molar-refractivity contribution < 1.29 is 19.7 Å². The topological polar surface area (TPSA) is 58.9 Å². The average Bonchev–Trinajstić information content (AvgIpc) is 2.25. The van der Waals surface area contributed by atoms with Crippen LogP contribution in [0.4, 0.5) is 0 Å². The second kappa shape index (κ2) is 5.00. The van der Waals surface area contributed by atoms with Crippen molar-refractivity contribution in [1.29, 1.82) is 0 Å². The van der Waals surface area contributed by atoms with Gasteiger partial charge < -0.3 is 19.7 Å². The molecule has 0 saturated carbocycles. The molecule has 94 valence electrons. The largest absolute Gasteiger partial charge is 0.396 e. The van der Waals surface area contributed by atoms with Crippen LogP contribution < -0.4 is 0 Å². The van der Waals surface area contributed by atoms with E-state index in [1.807, 2.05) is 6.92 Å². The van der Waals surface area contributed by atoms with E-state index < -0.39 is 6.10 Å². The van der Waals surface area contributed by atoms with Crippen molar-refractivity contribution in [2.45, 2.75) is 62.9 Å². The summed E-state index contributed by atoms with van der Waals surface area (Å²) in [6.07, 6.45) is 3.61. The molecule has 0 radical (unpaired) electrons. The van der Waals surface area contributed by atoms with Crippen molar-refractivity contribution in [3.05, 3.63) is 0 Å². The standard InChI is InChI=1S/C12H22O4/c1-12-8-9(14)10(4-2-6-13)16-11(12)5-3-7-15-12/h9-11,13-14H,2-8H2,1H3/t9-,10+,11-,12+/m1/s1. The molecule has 2 aliphatic rings. The maximum absolute atomic E-state index is 10.0. The van der Waals surface area contributed by atoms with Crippen molar-refractivity contribution >= 4 is 0 Å². The van der Waals surface area contributed by atoms with E-state index in [-0.39, 0.29) is 24.4 Å². The van der Waals surface area contributed by atoms with Gasteiger partial charge >= 0.3 is 0 Å². The van der Waals surface area contributed by atoms with Gasteiger partial charge in [0, 0.05) is 19.6 Å². The van der Waals surface area contributed by atoms with Crippen LogP contribution in [0.5, 0.6) is 0 Å². The van der Waals surface area contributed by atoms with Crippen molar-refractivity contribution in [3.8, 4) is 0 Å². The Bertz CT molecular complexity index is 233. The lowest BCUT2D eigenvalue weighted by molar-refractivity contribution is -0.247. The highest BCUT2D eigenvalue weighted by Crippen LogP contribution is 2.38. The van der Waals surface area contributed by atoms with Crippen molar-refractivity contribution in [2.24, 2.45) is 0 Å². The number of hydrogen-bond donors (Lipinski definition) is 2. The summed E-state index contributed by atoms with van der Waals surface area (Å²) in [5.41, 5.74) is -0.312. The van der Waals surface area contributed by atoms with Crippen LogP contribution in [0.15, 0.2) is 0 Å². The van der Waals surface area contributed by atoms with Crippen LogP contribution >= 0.6 is 0 Å². The summed E-state index contributed by atoms with van der Waals surface area (Å²) < 4.78 is 11.7. The monoisotopic (exact) mass is 230 g/mol. The van der Waals surface area contributed by atoms with Crippen LogP contribution in [-0.2, 0) is 9.47 Å². The number of rotatable bonds is 3. The fourth-order valence-electron chi connectivity index (χ4n) is 2.78. The van der Waals surface area contributed by atoms with Gasteiger partial charge in [0.15, 0.2) is 0 Å². The molecule has 0 amide bonds. The number of aliphatic hydroxyl groups excluding tert-OH is 2. The van der Waals surface area contributed by atoms with E-state index in [2.05, 4.69) is 0 Å². The fourth-order valence-corrected chi connectivity index (χ4v) is 2.78. The highest BCUT2D eigenvalue weighted by Gasteiger charge is 2.47. The minimum atomic E-state index is -0.467. The Hall–Kier alpha value is -0.160. The van der Waals surface area contributed by atoms with Gasteiger partial charge in [0.25, 0.3) is 0 Å². The van der Waals surface area contributed by atoms with Gasteiger partial charge in [0.2, 0.25) is 0 Å². The molecule has 2 heterocycles. The van der Waals surface area contributed by atoms with E-state index in [4.69, 9.17) is 14.6 Å². The zero-order chi connectivity index (χ0) is 11.6. The molecule has 2 rings (SSSR count). The third-order valence-corrected chi connectivity index (χ3v) is 3.75. The number of fused-ring (bicyclic) bond motifs is 1. The Kier molecular flexibility index (Phi) is 3.85. The Morgan fingerprint density at radius 3 is 3.00 bits per heavy atom. The average molecular weight is 230 g/mol. The molecular formula is C12H22O4. The van der Waals surface area contributed by atoms with E-state index in [1.54, 1.807) is 0 Å².